The van der Waals surface area contributed by atoms with Crippen molar-refractivity contribution < 1.29 is 9.15 Å². The average Bonchev–Trinajstić information content (AvgIpc) is 2.80. The fourth-order valence-corrected chi connectivity index (χ4v) is 2.69. The van der Waals surface area contributed by atoms with Crippen LogP contribution < -0.4 is 10.1 Å². The molecule has 0 amide bonds. The summed E-state index contributed by atoms with van der Waals surface area (Å²) in [5.74, 6) is 1.80. The van der Waals surface area contributed by atoms with E-state index < -0.39 is 0 Å². The third kappa shape index (κ3) is 3.01. The van der Waals surface area contributed by atoms with Gasteiger partial charge in [0.05, 0.1) is 18.9 Å². The number of aryl methyl sites for hydroxylation is 1. The summed E-state index contributed by atoms with van der Waals surface area (Å²) < 4.78 is 12.1. The largest absolute Gasteiger partial charge is 0.494 e. The predicted octanol–water partition coefficient (Wildman–Crippen LogP) is 4.06. The SMILES string of the molecule is CCOc1ccc(C(NC)c2occc2C)c(Br)c1. The molecule has 0 saturated heterocycles. The molecule has 1 unspecified atom stereocenters. The van der Waals surface area contributed by atoms with Crippen molar-refractivity contribution >= 4 is 15.9 Å². The highest BCUT2D eigenvalue weighted by Crippen LogP contribution is 2.32. The van der Waals surface area contributed by atoms with Crippen molar-refractivity contribution in [3.63, 3.8) is 0 Å². The normalized spacial score (nSPS) is 12.4. The van der Waals surface area contributed by atoms with E-state index in [1.54, 1.807) is 6.26 Å². The molecule has 0 aliphatic rings. The van der Waals surface area contributed by atoms with Crippen molar-refractivity contribution in [3.05, 3.63) is 51.9 Å². The van der Waals surface area contributed by atoms with Crippen LogP contribution in [0.15, 0.2) is 39.4 Å². The topological polar surface area (TPSA) is 34.4 Å². The third-order valence-corrected chi connectivity index (χ3v) is 3.73. The molecule has 3 nitrogen and oxygen atoms in total. The molecule has 0 aliphatic carbocycles. The molecule has 1 heterocycles. The van der Waals surface area contributed by atoms with E-state index in [-0.39, 0.29) is 6.04 Å². The Kier molecular flexibility index (Phi) is 4.66. The number of furan rings is 1. The van der Waals surface area contributed by atoms with E-state index >= 15 is 0 Å². The molecule has 0 spiro atoms. The molecule has 0 radical (unpaired) electrons. The first-order chi connectivity index (χ1) is 9.17. The van der Waals surface area contributed by atoms with Crippen LogP contribution in [0, 0.1) is 6.92 Å². The van der Waals surface area contributed by atoms with Crippen LogP contribution in [0.25, 0.3) is 0 Å². The highest BCUT2D eigenvalue weighted by atomic mass is 79.9. The lowest BCUT2D eigenvalue weighted by atomic mass is 10.0. The molecule has 2 rings (SSSR count). The third-order valence-electron chi connectivity index (χ3n) is 3.05. The van der Waals surface area contributed by atoms with Gasteiger partial charge in [-0.15, -0.1) is 0 Å². The summed E-state index contributed by atoms with van der Waals surface area (Å²) in [6, 6.07) is 8.02. The fraction of sp³-hybridized carbons (Fsp3) is 0.333. The number of hydrogen-bond acceptors (Lipinski definition) is 3. The molecule has 1 aromatic carbocycles. The maximum Gasteiger partial charge on any atom is 0.128 e. The number of hydrogen-bond donors (Lipinski definition) is 1. The smallest absolute Gasteiger partial charge is 0.128 e. The molecule has 1 N–H and O–H groups in total. The second-order valence-electron chi connectivity index (χ2n) is 4.31. The molecule has 1 atom stereocenters. The summed E-state index contributed by atoms with van der Waals surface area (Å²) >= 11 is 3.61. The van der Waals surface area contributed by atoms with Crippen LogP contribution in [-0.2, 0) is 0 Å². The van der Waals surface area contributed by atoms with Crippen LogP contribution in [0.2, 0.25) is 0 Å². The van der Waals surface area contributed by atoms with Crippen molar-refractivity contribution in [1.82, 2.24) is 5.32 Å². The molecule has 0 aliphatic heterocycles. The number of benzene rings is 1. The van der Waals surface area contributed by atoms with Gasteiger partial charge in [-0.05, 0) is 50.2 Å². The van der Waals surface area contributed by atoms with Gasteiger partial charge < -0.3 is 14.5 Å². The lowest BCUT2D eigenvalue weighted by Crippen LogP contribution is -2.18. The molecule has 2 aromatic rings. The maximum atomic E-state index is 5.59. The van der Waals surface area contributed by atoms with Gasteiger partial charge in [0.1, 0.15) is 11.5 Å². The van der Waals surface area contributed by atoms with E-state index in [4.69, 9.17) is 9.15 Å². The highest BCUT2D eigenvalue weighted by molar-refractivity contribution is 9.10. The van der Waals surface area contributed by atoms with Gasteiger partial charge in [-0.3, -0.25) is 0 Å². The maximum absolute atomic E-state index is 5.59. The van der Waals surface area contributed by atoms with Crippen molar-refractivity contribution in [2.75, 3.05) is 13.7 Å². The standard InChI is InChI=1S/C15H18BrNO2/c1-4-18-11-5-6-12(13(16)9-11)14(17-3)15-10(2)7-8-19-15/h5-9,14,17H,4H2,1-3H3. The summed E-state index contributed by atoms with van der Waals surface area (Å²) in [6.45, 7) is 4.69. The van der Waals surface area contributed by atoms with E-state index in [0.717, 1.165) is 27.1 Å². The fourth-order valence-electron chi connectivity index (χ4n) is 2.11. The van der Waals surface area contributed by atoms with Crippen LogP contribution >= 0.6 is 15.9 Å². The van der Waals surface area contributed by atoms with E-state index in [0.29, 0.717) is 6.61 Å². The highest BCUT2D eigenvalue weighted by Gasteiger charge is 2.20. The molecular weight excluding hydrogens is 306 g/mol. The molecule has 4 heteroatoms. The van der Waals surface area contributed by atoms with Gasteiger partial charge in [0.2, 0.25) is 0 Å². The zero-order valence-electron chi connectivity index (χ0n) is 11.4. The van der Waals surface area contributed by atoms with Crippen molar-refractivity contribution in [2.24, 2.45) is 0 Å². The number of rotatable bonds is 5. The van der Waals surface area contributed by atoms with Crippen LogP contribution in [0.5, 0.6) is 5.75 Å². The average molecular weight is 324 g/mol. The first kappa shape index (κ1) is 14.2. The van der Waals surface area contributed by atoms with Gasteiger partial charge in [0.25, 0.3) is 0 Å². The second kappa shape index (κ2) is 6.26. The van der Waals surface area contributed by atoms with Gasteiger partial charge in [0, 0.05) is 4.47 Å². The Bertz CT molecular complexity index is 551. The Morgan fingerprint density at radius 1 is 1.37 bits per heavy atom. The first-order valence-corrected chi connectivity index (χ1v) is 7.10. The monoisotopic (exact) mass is 323 g/mol. The van der Waals surface area contributed by atoms with Crippen LogP contribution in [-0.4, -0.2) is 13.7 Å². The van der Waals surface area contributed by atoms with E-state index in [1.165, 1.54) is 0 Å². The minimum atomic E-state index is 0.0278. The van der Waals surface area contributed by atoms with Gasteiger partial charge in [-0.1, -0.05) is 22.0 Å². The zero-order valence-corrected chi connectivity index (χ0v) is 13.0. The summed E-state index contributed by atoms with van der Waals surface area (Å²) in [7, 11) is 1.93. The Labute approximate surface area is 122 Å². The molecular formula is C15H18BrNO2. The van der Waals surface area contributed by atoms with E-state index in [1.807, 2.05) is 39.1 Å². The Morgan fingerprint density at radius 2 is 2.16 bits per heavy atom. The van der Waals surface area contributed by atoms with Crippen molar-refractivity contribution in [3.8, 4) is 5.75 Å². The Hall–Kier alpha value is -1.26. The summed E-state index contributed by atoms with van der Waals surface area (Å²) in [6.07, 6.45) is 1.72. The zero-order chi connectivity index (χ0) is 13.8. The summed E-state index contributed by atoms with van der Waals surface area (Å²) in [5, 5.41) is 3.29. The molecule has 19 heavy (non-hydrogen) atoms. The summed E-state index contributed by atoms with van der Waals surface area (Å²) in [4.78, 5) is 0. The van der Waals surface area contributed by atoms with Gasteiger partial charge in [0.15, 0.2) is 0 Å². The Balaban J connectivity index is 2.36. The molecule has 0 saturated carbocycles. The lowest BCUT2D eigenvalue weighted by Gasteiger charge is -2.17. The van der Waals surface area contributed by atoms with E-state index in [9.17, 15) is 0 Å². The first-order valence-electron chi connectivity index (χ1n) is 6.30. The summed E-state index contributed by atoms with van der Waals surface area (Å²) in [5.41, 5.74) is 2.27. The van der Waals surface area contributed by atoms with Gasteiger partial charge >= 0.3 is 0 Å². The predicted molar refractivity (Wildman–Crippen MR) is 79.7 cm³/mol. The minimum Gasteiger partial charge on any atom is -0.494 e. The number of ether oxygens (including phenoxy) is 1. The molecule has 102 valence electrons. The van der Waals surface area contributed by atoms with Crippen molar-refractivity contribution in [1.29, 1.82) is 0 Å². The Morgan fingerprint density at radius 3 is 2.68 bits per heavy atom. The van der Waals surface area contributed by atoms with Gasteiger partial charge in [-0.25, -0.2) is 0 Å². The number of nitrogens with one attached hydrogen (secondary N) is 1. The molecule has 1 aromatic heterocycles. The molecule has 0 bridgehead atoms. The van der Waals surface area contributed by atoms with Crippen LogP contribution in [0.1, 0.15) is 29.9 Å². The second-order valence-corrected chi connectivity index (χ2v) is 5.16. The van der Waals surface area contributed by atoms with Crippen LogP contribution in [0.4, 0.5) is 0 Å². The van der Waals surface area contributed by atoms with E-state index in [2.05, 4.69) is 27.3 Å². The van der Waals surface area contributed by atoms with Crippen LogP contribution in [0.3, 0.4) is 0 Å². The van der Waals surface area contributed by atoms with Gasteiger partial charge in [-0.2, -0.15) is 0 Å². The lowest BCUT2D eigenvalue weighted by molar-refractivity contribution is 0.339. The quantitative estimate of drug-likeness (QED) is 0.901. The minimum absolute atomic E-state index is 0.0278. The molecule has 0 fully saturated rings. The van der Waals surface area contributed by atoms with Crippen molar-refractivity contribution in [2.45, 2.75) is 19.9 Å². The number of halogens is 1.